The fourth-order valence-corrected chi connectivity index (χ4v) is 7.69. The Kier molecular flexibility index (Phi) is 7.02. The highest BCUT2D eigenvalue weighted by molar-refractivity contribution is 9.09. The molecule has 0 radical (unpaired) electrons. The quantitative estimate of drug-likeness (QED) is 0.414. The molecule has 158 valence electrons. The van der Waals surface area contributed by atoms with Crippen LogP contribution in [0.25, 0.3) is 0 Å². The van der Waals surface area contributed by atoms with E-state index in [-0.39, 0.29) is 23.7 Å². The van der Waals surface area contributed by atoms with Gasteiger partial charge in [0.2, 0.25) is 5.91 Å². The number of halogens is 4. The van der Waals surface area contributed by atoms with Crippen LogP contribution in [0.15, 0.2) is 28.8 Å². The monoisotopic (exact) mass is 561 g/mol. The van der Waals surface area contributed by atoms with Crippen LogP contribution < -0.4 is 10.4 Å². The van der Waals surface area contributed by atoms with Gasteiger partial charge in [0.05, 0.1) is 34.1 Å². The number of nitrogens with zero attached hydrogens (tertiary/aromatic N) is 1. The smallest absolute Gasteiger partial charge is 0.253 e. The maximum absolute atomic E-state index is 13.2. The van der Waals surface area contributed by atoms with E-state index in [1.54, 1.807) is 12.1 Å². The Morgan fingerprint density at radius 1 is 1.38 bits per heavy atom. The molecule has 2 aliphatic rings. The Hall–Kier alpha value is -0.650. The zero-order chi connectivity index (χ0) is 21.5. The molecule has 2 unspecified atom stereocenters. The number of fused-ring (bicyclic) bond motifs is 1. The number of hydrogen-bond acceptors (Lipinski definition) is 6. The van der Waals surface area contributed by atoms with Crippen molar-refractivity contribution in [2.45, 2.75) is 33.3 Å². The molecule has 1 N–H and O–H groups in total. The van der Waals surface area contributed by atoms with Gasteiger partial charge in [-0.15, -0.1) is 11.3 Å². The van der Waals surface area contributed by atoms with Crippen LogP contribution in [0.2, 0.25) is 0 Å². The third-order valence-corrected chi connectivity index (χ3v) is 8.40. The summed E-state index contributed by atoms with van der Waals surface area (Å²) in [5.41, 5.74) is -0.262. The SMILES string of the molecule is O=C(Cc1cccs1)N[C@@H]1C(=O)N2C(C(=O)[O-])=C(CBr)C(CC(Cl)(Cl)Cl)S(=O)[C@H]12. The summed E-state index contributed by atoms with van der Waals surface area (Å²) >= 11 is 22.1. The molecule has 3 rings (SSSR count). The number of carboxylic acids is 1. The molecule has 0 bridgehead atoms. The minimum Gasteiger partial charge on any atom is -0.543 e. The first kappa shape index (κ1) is 23.0. The van der Waals surface area contributed by atoms with Crippen LogP contribution in [0.5, 0.6) is 0 Å². The van der Waals surface area contributed by atoms with E-state index in [0.29, 0.717) is 0 Å². The van der Waals surface area contributed by atoms with Crippen molar-refractivity contribution < 1.29 is 23.7 Å². The largest absolute Gasteiger partial charge is 0.543 e. The van der Waals surface area contributed by atoms with E-state index in [9.17, 15) is 23.7 Å². The van der Waals surface area contributed by atoms with Gasteiger partial charge in [0.1, 0.15) is 11.4 Å². The molecule has 0 spiro atoms. The van der Waals surface area contributed by atoms with E-state index < -0.39 is 54.7 Å². The topological polar surface area (TPSA) is 107 Å². The lowest BCUT2D eigenvalue weighted by Crippen LogP contribution is -2.75. The van der Waals surface area contributed by atoms with Crippen molar-refractivity contribution >= 4 is 90.7 Å². The van der Waals surface area contributed by atoms with E-state index in [2.05, 4.69) is 21.2 Å². The summed E-state index contributed by atoms with van der Waals surface area (Å²) in [6, 6.07) is 2.43. The van der Waals surface area contributed by atoms with E-state index in [4.69, 9.17) is 34.8 Å². The number of carbonyl (C=O) groups excluding carboxylic acids is 3. The second kappa shape index (κ2) is 8.84. The standard InChI is InChI=1S/C16H14BrCl3N2O5S2/c17-6-8-9(5-16(18,19)20)29(27)14-11(13(24)22(14)12(8)15(25)26)21-10(23)4-7-2-1-3-28-7/h1-3,9,11,14H,4-6H2,(H,21,23)(H,25,26)/p-1/t9?,11-,14-,29?/m1/s1. The fourth-order valence-electron chi connectivity index (χ4n) is 3.28. The average Bonchev–Trinajstić information content (AvgIpc) is 3.12. The van der Waals surface area contributed by atoms with Gasteiger partial charge in [-0.25, -0.2) is 0 Å². The minimum absolute atomic E-state index is 0.000625. The maximum Gasteiger partial charge on any atom is 0.253 e. The summed E-state index contributed by atoms with van der Waals surface area (Å²) in [5.74, 6) is -2.72. The van der Waals surface area contributed by atoms with Crippen molar-refractivity contribution in [3.05, 3.63) is 33.7 Å². The highest BCUT2D eigenvalue weighted by Gasteiger charge is 2.58. The molecule has 1 aromatic heterocycles. The number of hydrogen-bond donors (Lipinski definition) is 1. The third-order valence-electron chi connectivity index (χ3n) is 4.48. The fraction of sp³-hybridized carbons (Fsp3) is 0.438. The van der Waals surface area contributed by atoms with E-state index in [1.807, 2.05) is 5.38 Å². The van der Waals surface area contributed by atoms with Gasteiger partial charge in [0.25, 0.3) is 5.91 Å². The molecular formula is C16H13BrCl3N2O5S2-. The summed E-state index contributed by atoms with van der Waals surface area (Å²) in [7, 11) is -1.82. The number of β-lactam (4-membered cyclic amide) rings is 1. The first-order valence-electron chi connectivity index (χ1n) is 8.16. The van der Waals surface area contributed by atoms with Gasteiger partial charge in [-0.1, -0.05) is 56.8 Å². The van der Waals surface area contributed by atoms with Gasteiger partial charge >= 0.3 is 0 Å². The van der Waals surface area contributed by atoms with E-state index >= 15 is 0 Å². The van der Waals surface area contributed by atoms with Crippen LogP contribution in [-0.2, 0) is 31.6 Å². The molecule has 29 heavy (non-hydrogen) atoms. The number of rotatable bonds is 6. The number of thiophene rings is 1. The zero-order valence-electron chi connectivity index (χ0n) is 14.4. The highest BCUT2D eigenvalue weighted by Crippen LogP contribution is 2.43. The Morgan fingerprint density at radius 3 is 2.59 bits per heavy atom. The highest BCUT2D eigenvalue weighted by atomic mass is 79.9. The number of alkyl halides is 4. The maximum atomic E-state index is 13.2. The normalized spacial score (nSPS) is 26.8. The van der Waals surface area contributed by atoms with E-state index in [0.717, 1.165) is 9.78 Å². The van der Waals surface area contributed by atoms with Gasteiger partial charge < -0.3 is 15.2 Å². The minimum atomic E-state index is -1.82. The van der Waals surface area contributed by atoms with Crippen LogP contribution in [0.3, 0.4) is 0 Å². The lowest BCUT2D eigenvalue weighted by Gasteiger charge is -2.52. The van der Waals surface area contributed by atoms with Crippen molar-refractivity contribution in [2.24, 2.45) is 0 Å². The number of amides is 2. The van der Waals surface area contributed by atoms with Crippen LogP contribution in [0.1, 0.15) is 11.3 Å². The second-order valence-electron chi connectivity index (χ2n) is 6.33. The van der Waals surface area contributed by atoms with Crippen molar-refractivity contribution in [1.82, 2.24) is 10.2 Å². The molecule has 13 heteroatoms. The van der Waals surface area contributed by atoms with Crippen molar-refractivity contribution in [3.63, 3.8) is 0 Å². The van der Waals surface area contributed by atoms with Crippen LogP contribution >= 0.6 is 62.1 Å². The Balaban J connectivity index is 1.89. The predicted octanol–water partition coefficient (Wildman–Crippen LogP) is 1.23. The molecule has 0 aliphatic carbocycles. The average molecular weight is 564 g/mol. The lowest BCUT2D eigenvalue weighted by atomic mass is 10.00. The molecule has 4 atom stereocenters. The molecule has 0 saturated carbocycles. The lowest BCUT2D eigenvalue weighted by molar-refractivity contribution is -0.301. The number of aliphatic carboxylic acids is 1. The van der Waals surface area contributed by atoms with E-state index in [1.165, 1.54) is 11.3 Å². The molecular weight excluding hydrogens is 551 g/mol. The van der Waals surface area contributed by atoms with Gasteiger partial charge in [-0.05, 0) is 17.0 Å². The first-order valence-corrected chi connectivity index (χ1v) is 12.6. The van der Waals surface area contributed by atoms with Gasteiger partial charge in [0, 0.05) is 16.6 Å². The van der Waals surface area contributed by atoms with Crippen molar-refractivity contribution in [2.75, 3.05) is 5.33 Å². The summed E-state index contributed by atoms with van der Waals surface area (Å²) in [6.07, 6.45) is -0.176. The molecule has 2 amide bonds. The Morgan fingerprint density at radius 2 is 2.07 bits per heavy atom. The van der Waals surface area contributed by atoms with Crippen LogP contribution in [0, 0.1) is 0 Å². The number of carbonyl (C=O) groups is 3. The molecule has 1 fully saturated rings. The second-order valence-corrected chi connectivity index (χ2v) is 12.1. The van der Waals surface area contributed by atoms with Gasteiger partial charge in [-0.3, -0.25) is 18.7 Å². The molecule has 2 aliphatic heterocycles. The first-order chi connectivity index (χ1) is 13.5. The third kappa shape index (κ3) is 4.67. The van der Waals surface area contributed by atoms with Crippen LogP contribution in [0.4, 0.5) is 0 Å². The summed E-state index contributed by atoms with van der Waals surface area (Å²) in [6.45, 7) is 0. The van der Waals surface area contributed by atoms with Gasteiger partial charge in [-0.2, -0.15) is 0 Å². The van der Waals surface area contributed by atoms with Crippen LogP contribution in [-0.4, -0.2) is 52.7 Å². The zero-order valence-corrected chi connectivity index (χ0v) is 19.9. The molecule has 1 saturated heterocycles. The number of carboxylic acid groups (broad SMARTS) is 1. The summed E-state index contributed by atoms with van der Waals surface area (Å²) in [5, 5.41) is 14.1. The molecule has 3 heterocycles. The van der Waals surface area contributed by atoms with Gasteiger partial charge in [0.15, 0.2) is 3.79 Å². The molecule has 7 nitrogen and oxygen atoms in total. The number of nitrogens with one attached hydrogen (secondary N) is 1. The summed E-state index contributed by atoms with van der Waals surface area (Å²) < 4.78 is 11.4. The van der Waals surface area contributed by atoms with Crippen molar-refractivity contribution in [1.29, 1.82) is 0 Å². The van der Waals surface area contributed by atoms with Crippen molar-refractivity contribution in [3.8, 4) is 0 Å². The Bertz CT molecular complexity index is 903. The summed E-state index contributed by atoms with van der Waals surface area (Å²) in [4.78, 5) is 38.3. The molecule has 1 aromatic rings. The predicted molar refractivity (Wildman–Crippen MR) is 113 cm³/mol. The molecule has 0 aromatic carbocycles. The Labute approximate surface area is 195 Å².